The van der Waals surface area contributed by atoms with E-state index in [1.54, 1.807) is 27.7 Å². The standard InChI is InChI=1S/C16H37N3O4.H2/c1-13(20)9-18(10-14(2)21)7-5-17-6-8-19(11-15(3)22)12-16(4)23;/h13-17,20-23H,5-12H2,1-4H3;1H. The summed E-state index contributed by atoms with van der Waals surface area (Å²) in [6.07, 6.45) is -1.66. The molecule has 0 fully saturated rings. The minimum atomic E-state index is -0.415. The van der Waals surface area contributed by atoms with Crippen LogP contribution in [0.1, 0.15) is 29.1 Å². The van der Waals surface area contributed by atoms with Gasteiger partial charge in [0.25, 0.3) is 0 Å². The van der Waals surface area contributed by atoms with Crippen molar-refractivity contribution in [2.45, 2.75) is 52.1 Å². The molecule has 23 heavy (non-hydrogen) atoms. The Balaban J connectivity index is 0. The maximum atomic E-state index is 9.48. The number of aliphatic hydroxyl groups excluding tert-OH is 4. The summed E-state index contributed by atoms with van der Waals surface area (Å²) in [6.45, 7) is 12.2. The number of hydrogen-bond donors (Lipinski definition) is 5. The zero-order valence-corrected chi connectivity index (χ0v) is 15.1. The summed E-state index contributed by atoms with van der Waals surface area (Å²) in [5, 5.41) is 41.3. The highest BCUT2D eigenvalue weighted by Gasteiger charge is 2.12. The Morgan fingerprint density at radius 3 is 1.13 bits per heavy atom. The van der Waals surface area contributed by atoms with Crippen LogP contribution in [0.25, 0.3) is 0 Å². The minimum absolute atomic E-state index is 0. The molecule has 0 saturated heterocycles. The summed E-state index contributed by atoms with van der Waals surface area (Å²) >= 11 is 0. The highest BCUT2D eigenvalue weighted by atomic mass is 16.3. The van der Waals surface area contributed by atoms with E-state index in [0.717, 1.165) is 26.2 Å². The van der Waals surface area contributed by atoms with Gasteiger partial charge in [0.2, 0.25) is 0 Å². The summed E-state index contributed by atoms with van der Waals surface area (Å²) < 4.78 is 0. The maximum Gasteiger partial charge on any atom is 0.0639 e. The first-order valence-electron chi connectivity index (χ1n) is 8.58. The second-order valence-corrected chi connectivity index (χ2v) is 6.67. The van der Waals surface area contributed by atoms with Gasteiger partial charge in [0.05, 0.1) is 24.4 Å². The lowest BCUT2D eigenvalue weighted by molar-refractivity contribution is 0.0807. The van der Waals surface area contributed by atoms with Gasteiger partial charge in [-0.3, -0.25) is 9.80 Å². The van der Waals surface area contributed by atoms with Gasteiger partial charge in [-0.2, -0.15) is 0 Å². The number of hydrogen-bond acceptors (Lipinski definition) is 7. The van der Waals surface area contributed by atoms with Crippen LogP contribution < -0.4 is 5.32 Å². The molecule has 0 spiro atoms. The lowest BCUT2D eigenvalue weighted by Gasteiger charge is -2.26. The van der Waals surface area contributed by atoms with Gasteiger partial charge in [-0.1, -0.05) is 0 Å². The van der Waals surface area contributed by atoms with E-state index in [9.17, 15) is 20.4 Å². The Labute approximate surface area is 142 Å². The fourth-order valence-corrected chi connectivity index (χ4v) is 2.61. The van der Waals surface area contributed by atoms with Crippen LogP contribution in [-0.4, -0.2) is 107 Å². The molecule has 7 nitrogen and oxygen atoms in total. The Bertz CT molecular complexity index is 236. The fraction of sp³-hybridized carbons (Fsp3) is 1.00. The molecule has 0 rings (SSSR count). The zero-order valence-electron chi connectivity index (χ0n) is 15.1. The Morgan fingerprint density at radius 1 is 0.652 bits per heavy atom. The van der Waals surface area contributed by atoms with Crippen molar-refractivity contribution in [1.82, 2.24) is 15.1 Å². The summed E-state index contributed by atoms with van der Waals surface area (Å²) in [4.78, 5) is 4.07. The first-order valence-corrected chi connectivity index (χ1v) is 8.58. The molecule has 0 aliphatic rings. The topological polar surface area (TPSA) is 99.4 Å². The van der Waals surface area contributed by atoms with E-state index < -0.39 is 24.4 Å². The third-order valence-corrected chi connectivity index (χ3v) is 3.30. The second kappa shape index (κ2) is 13.1. The van der Waals surface area contributed by atoms with Crippen LogP contribution >= 0.6 is 0 Å². The first-order chi connectivity index (χ1) is 10.7. The number of nitrogens with one attached hydrogen (secondary N) is 1. The van der Waals surface area contributed by atoms with Crippen LogP contribution in [0.2, 0.25) is 0 Å². The average Bonchev–Trinajstić information content (AvgIpc) is 2.34. The average molecular weight is 338 g/mol. The molecule has 0 aliphatic heterocycles. The van der Waals surface area contributed by atoms with Crippen LogP contribution in [0.4, 0.5) is 0 Å². The van der Waals surface area contributed by atoms with Crippen molar-refractivity contribution in [1.29, 1.82) is 0 Å². The quantitative estimate of drug-likeness (QED) is 0.258. The van der Waals surface area contributed by atoms with E-state index in [1.807, 2.05) is 9.80 Å². The molecule has 7 heteroatoms. The largest absolute Gasteiger partial charge is 0.392 e. The number of aliphatic hydroxyl groups is 4. The molecule has 0 aromatic heterocycles. The molecule has 142 valence electrons. The van der Waals surface area contributed by atoms with Gasteiger partial charge in [-0.15, -0.1) is 0 Å². The molecule has 0 aliphatic carbocycles. The van der Waals surface area contributed by atoms with Crippen LogP contribution in [0, 0.1) is 0 Å². The van der Waals surface area contributed by atoms with Crippen molar-refractivity contribution in [2.75, 3.05) is 52.4 Å². The van der Waals surface area contributed by atoms with Crippen LogP contribution in [0.3, 0.4) is 0 Å². The van der Waals surface area contributed by atoms with Gasteiger partial charge in [0.15, 0.2) is 0 Å². The van der Waals surface area contributed by atoms with Crippen molar-refractivity contribution in [2.24, 2.45) is 0 Å². The van der Waals surface area contributed by atoms with Gasteiger partial charge in [0, 0.05) is 53.8 Å². The monoisotopic (exact) mass is 337 g/mol. The molecule has 4 atom stereocenters. The Hall–Kier alpha value is -0.280. The molecule has 0 aromatic carbocycles. The van der Waals surface area contributed by atoms with Crippen LogP contribution in [0.15, 0.2) is 0 Å². The Morgan fingerprint density at radius 2 is 0.913 bits per heavy atom. The number of rotatable bonds is 14. The summed E-state index contributed by atoms with van der Waals surface area (Å²) in [5.41, 5.74) is 0. The smallest absolute Gasteiger partial charge is 0.0639 e. The molecular formula is C16H39N3O4. The lowest BCUT2D eigenvalue weighted by Crippen LogP contribution is -2.43. The zero-order chi connectivity index (χ0) is 17.8. The van der Waals surface area contributed by atoms with Crippen molar-refractivity contribution in [3.63, 3.8) is 0 Å². The fourth-order valence-electron chi connectivity index (χ4n) is 2.61. The van der Waals surface area contributed by atoms with E-state index in [0.29, 0.717) is 26.2 Å². The van der Waals surface area contributed by atoms with Gasteiger partial charge >= 0.3 is 0 Å². The molecule has 0 aromatic rings. The van der Waals surface area contributed by atoms with Gasteiger partial charge in [0.1, 0.15) is 0 Å². The lowest BCUT2D eigenvalue weighted by atomic mass is 10.3. The van der Waals surface area contributed by atoms with E-state index in [2.05, 4.69) is 5.32 Å². The normalized spacial score (nSPS) is 17.5. The molecule has 0 bridgehead atoms. The van der Waals surface area contributed by atoms with Crippen LogP contribution in [-0.2, 0) is 0 Å². The van der Waals surface area contributed by atoms with Crippen LogP contribution in [0.5, 0.6) is 0 Å². The molecular weight excluding hydrogens is 298 g/mol. The molecule has 0 amide bonds. The number of nitrogens with zero attached hydrogens (tertiary/aromatic N) is 2. The Kier molecular flexibility index (Phi) is 12.9. The second-order valence-electron chi connectivity index (χ2n) is 6.67. The molecule has 0 radical (unpaired) electrons. The van der Waals surface area contributed by atoms with E-state index in [4.69, 9.17) is 0 Å². The third kappa shape index (κ3) is 15.0. The summed E-state index contributed by atoms with van der Waals surface area (Å²) in [5.74, 6) is 0. The summed E-state index contributed by atoms with van der Waals surface area (Å²) in [7, 11) is 0. The highest BCUT2D eigenvalue weighted by molar-refractivity contribution is 4.68. The molecule has 0 heterocycles. The van der Waals surface area contributed by atoms with Crippen molar-refractivity contribution < 1.29 is 21.9 Å². The molecule has 0 saturated carbocycles. The third-order valence-electron chi connectivity index (χ3n) is 3.30. The maximum absolute atomic E-state index is 9.48. The molecule has 4 unspecified atom stereocenters. The van der Waals surface area contributed by atoms with E-state index in [1.165, 1.54) is 0 Å². The van der Waals surface area contributed by atoms with Gasteiger partial charge < -0.3 is 25.7 Å². The van der Waals surface area contributed by atoms with Crippen molar-refractivity contribution in [3.8, 4) is 0 Å². The van der Waals surface area contributed by atoms with E-state index >= 15 is 0 Å². The predicted octanol–water partition coefficient (Wildman–Crippen LogP) is -1.05. The molecule has 5 N–H and O–H groups in total. The first kappa shape index (κ1) is 22.7. The van der Waals surface area contributed by atoms with Crippen molar-refractivity contribution >= 4 is 0 Å². The highest BCUT2D eigenvalue weighted by Crippen LogP contribution is 1.96. The minimum Gasteiger partial charge on any atom is -0.392 e. The van der Waals surface area contributed by atoms with Gasteiger partial charge in [-0.25, -0.2) is 0 Å². The van der Waals surface area contributed by atoms with Gasteiger partial charge in [-0.05, 0) is 27.7 Å². The van der Waals surface area contributed by atoms with E-state index in [-0.39, 0.29) is 1.43 Å². The predicted molar refractivity (Wildman–Crippen MR) is 94.6 cm³/mol. The van der Waals surface area contributed by atoms with Crippen molar-refractivity contribution in [3.05, 3.63) is 0 Å². The SMILES string of the molecule is CC(O)CN(CCNCCN(CC(C)O)CC(C)O)CC(C)O.[HH]. The summed E-state index contributed by atoms with van der Waals surface area (Å²) in [6, 6.07) is 0.